The molecular weight excluding hydrogens is 360 g/mol. The van der Waals surface area contributed by atoms with Gasteiger partial charge in [0.05, 0.1) is 23.9 Å². The standard InChI is InChI=1S/C13H18N2O7S2/c16-23(17,15-4-6-20-7-5-15)8-3-14-24(18,19)11-1-2-12-13(9-11)22-10-21-12/h1-2,9,14H,3-8,10H2. The van der Waals surface area contributed by atoms with Crippen LogP contribution in [-0.4, -0.2) is 66.5 Å². The minimum absolute atomic E-state index is 0.00415. The maximum absolute atomic E-state index is 12.3. The zero-order valence-electron chi connectivity index (χ0n) is 12.8. The summed E-state index contributed by atoms with van der Waals surface area (Å²) in [6, 6.07) is 4.23. The van der Waals surface area contributed by atoms with Gasteiger partial charge in [-0.15, -0.1) is 0 Å². The van der Waals surface area contributed by atoms with Crippen LogP contribution in [0.5, 0.6) is 11.5 Å². The fourth-order valence-corrected chi connectivity index (χ4v) is 4.89. The van der Waals surface area contributed by atoms with Crippen molar-refractivity contribution in [1.29, 1.82) is 0 Å². The van der Waals surface area contributed by atoms with E-state index in [2.05, 4.69) is 4.72 Å². The summed E-state index contributed by atoms with van der Waals surface area (Å²) in [7, 11) is -7.34. The van der Waals surface area contributed by atoms with E-state index in [1.165, 1.54) is 22.5 Å². The minimum Gasteiger partial charge on any atom is -0.454 e. The predicted octanol–water partition coefficient (Wildman–Crippen LogP) is -0.644. The molecule has 24 heavy (non-hydrogen) atoms. The lowest BCUT2D eigenvalue weighted by Gasteiger charge is -2.26. The van der Waals surface area contributed by atoms with Gasteiger partial charge in [-0.2, -0.15) is 4.31 Å². The van der Waals surface area contributed by atoms with Gasteiger partial charge >= 0.3 is 0 Å². The van der Waals surface area contributed by atoms with E-state index in [0.717, 1.165) is 0 Å². The zero-order valence-corrected chi connectivity index (χ0v) is 14.4. The first-order valence-corrected chi connectivity index (χ1v) is 10.4. The monoisotopic (exact) mass is 378 g/mol. The number of morpholine rings is 1. The summed E-state index contributed by atoms with van der Waals surface area (Å²) in [4.78, 5) is -0.00415. The van der Waals surface area contributed by atoms with Crippen molar-refractivity contribution >= 4 is 20.0 Å². The van der Waals surface area contributed by atoms with Crippen molar-refractivity contribution in [3.8, 4) is 11.5 Å². The molecular formula is C13H18N2O7S2. The minimum atomic E-state index is -3.83. The van der Waals surface area contributed by atoms with Crippen molar-refractivity contribution in [3.63, 3.8) is 0 Å². The van der Waals surface area contributed by atoms with Crippen LogP contribution in [0.15, 0.2) is 23.1 Å². The number of ether oxygens (including phenoxy) is 3. The van der Waals surface area contributed by atoms with E-state index in [1.807, 2.05) is 0 Å². The molecule has 9 nitrogen and oxygen atoms in total. The van der Waals surface area contributed by atoms with E-state index in [4.69, 9.17) is 14.2 Å². The van der Waals surface area contributed by atoms with Gasteiger partial charge in [-0.05, 0) is 12.1 Å². The largest absolute Gasteiger partial charge is 0.454 e. The summed E-state index contributed by atoms with van der Waals surface area (Å²) < 4.78 is 67.8. The Bertz CT molecular complexity index is 802. The van der Waals surface area contributed by atoms with Gasteiger partial charge in [-0.1, -0.05) is 0 Å². The molecule has 0 unspecified atom stereocenters. The molecule has 0 bridgehead atoms. The average molecular weight is 378 g/mol. The Morgan fingerprint density at radius 1 is 1.04 bits per heavy atom. The fraction of sp³-hybridized carbons (Fsp3) is 0.538. The Balaban J connectivity index is 1.61. The van der Waals surface area contributed by atoms with Crippen LogP contribution in [0.1, 0.15) is 0 Å². The third-order valence-corrected chi connectivity index (χ3v) is 7.00. The molecule has 1 aromatic carbocycles. The Hall–Kier alpha value is -1.40. The summed E-state index contributed by atoms with van der Waals surface area (Å²) >= 11 is 0. The molecule has 1 saturated heterocycles. The van der Waals surface area contributed by atoms with Crippen molar-refractivity contribution in [2.75, 3.05) is 45.4 Å². The Labute approximate surface area is 140 Å². The molecule has 0 saturated carbocycles. The first-order valence-electron chi connectivity index (χ1n) is 7.33. The smallest absolute Gasteiger partial charge is 0.240 e. The van der Waals surface area contributed by atoms with Crippen LogP contribution in [0.25, 0.3) is 0 Å². The van der Waals surface area contributed by atoms with Gasteiger partial charge in [-0.25, -0.2) is 21.6 Å². The van der Waals surface area contributed by atoms with Crippen molar-refractivity contribution in [2.45, 2.75) is 4.90 Å². The third kappa shape index (κ3) is 3.81. The molecule has 134 valence electrons. The van der Waals surface area contributed by atoms with E-state index in [0.29, 0.717) is 24.7 Å². The SMILES string of the molecule is O=S(=O)(NCCS(=O)(=O)N1CCOCC1)c1ccc2c(c1)OCO2. The van der Waals surface area contributed by atoms with Gasteiger partial charge in [0.1, 0.15) is 0 Å². The molecule has 2 aliphatic heterocycles. The number of sulfonamides is 2. The summed E-state index contributed by atoms with van der Waals surface area (Å²) in [5.41, 5.74) is 0. The molecule has 1 aromatic rings. The van der Waals surface area contributed by atoms with Gasteiger partial charge < -0.3 is 14.2 Å². The molecule has 0 amide bonds. The molecule has 0 radical (unpaired) electrons. The van der Waals surface area contributed by atoms with Crippen LogP contribution in [-0.2, 0) is 24.8 Å². The summed E-state index contributed by atoms with van der Waals surface area (Å²) in [5, 5.41) is 0. The number of nitrogens with one attached hydrogen (secondary N) is 1. The molecule has 11 heteroatoms. The number of fused-ring (bicyclic) bond motifs is 1. The van der Waals surface area contributed by atoms with Crippen molar-refractivity contribution in [1.82, 2.24) is 9.03 Å². The molecule has 3 rings (SSSR count). The third-order valence-electron chi connectivity index (χ3n) is 3.67. The molecule has 0 aliphatic carbocycles. The second kappa shape index (κ2) is 6.84. The first-order chi connectivity index (χ1) is 11.4. The van der Waals surface area contributed by atoms with Crippen LogP contribution >= 0.6 is 0 Å². The molecule has 2 heterocycles. The van der Waals surface area contributed by atoms with Crippen LogP contribution in [0.4, 0.5) is 0 Å². The highest BCUT2D eigenvalue weighted by atomic mass is 32.2. The Kier molecular flexibility index (Phi) is 4.97. The predicted molar refractivity (Wildman–Crippen MR) is 83.9 cm³/mol. The highest BCUT2D eigenvalue weighted by Gasteiger charge is 2.25. The molecule has 0 aromatic heterocycles. The highest BCUT2D eigenvalue weighted by molar-refractivity contribution is 7.90. The number of rotatable bonds is 6. The molecule has 1 fully saturated rings. The summed E-state index contributed by atoms with van der Waals surface area (Å²) in [6.07, 6.45) is 0. The first kappa shape index (κ1) is 17.4. The van der Waals surface area contributed by atoms with E-state index >= 15 is 0 Å². The molecule has 1 N–H and O–H groups in total. The number of hydrogen-bond acceptors (Lipinski definition) is 7. The van der Waals surface area contributed by atoms with Crippen LogP contribution in [0.3, 0.4) is 0 Å². The van der Waals surface area contributed by atoms with Gasteiger partial charge in [0.2, 0.25) is 26.8 Å². The summed E-state index contributed by atoms with van der Waals surface area (Å²) in [5.74, 6) is 0.513. The lowest BCUT2D eigenvalue weighted by atomic mass is 10.3. The van der Waals surface area contributed by atoms with Gasteiger partial charge in [-0.3, -0.25) is 0 Å². The maximum Gasteiger partial charge on any atom is 0.240 e. The zero-order chi connectivity index (χ0) is 17.2. The fourth-order valence-electron chi connectivity index (χ4n) is 2.39. The summed E-state index contributed by atoms with van der Waals surface area (Å²) in [6.45, 7) is 1.11. The van der Waals surface area contributed by atoms with Gasteiger partial charge in [0, 0.05) is 25.7 Å². The van der Waals surface area contributed by atoms with E-state index in [1.54, 1.807) is 0 Å². The number of nitrogens with zero attached hydrogens (tertiary/aromatic N) is 1. The molecule has 0 spiro atoms. The van der Waals surface area contributed by atoms with E-state index in [9.17, 15) is 16.8 Å². The van der Waals surface area contributed by atoms with Gasteiger partial charge in [0.25, 0.3) is 0 Å². The van der Waals surface area contributed by atoms with Crippen LogP contribution in [0.2, 0.25) is 0 Å². The quantitative estimate of drug-likeness (QED) is 0.700. The Morgan fingerprint density at radius 2 is 1.75 bits per heavy atom. The molecule has 0 atom stereocenters. The average Bonchev–Trinajstić information content (AvgIpc) is 3.03. The van der Waals surface area contributed by atoms with Crippen molar-refractivity contribution in [2.24, 2.45) is 0 Å². The molecule has 2 aliphatic rings. The highest BCUT2D eigenvalue weighted by Crippen LogP contribution is 2.33. The van der Waals surface area contributed by atoms with Crippen LogP contribution < -0.4 is 14.2 Å². The normalized spacial score (nSPS) is 18.7. The van der Waals surface area contributed by atoms with E-state index < -0.39 is 20.0 Å². The topological polar surface area (TPSA) is 111 Å². The number of hydrogen-bond donors (Lipinski definition) is 1. The van der Waals surface area contributed by atoms with E-state index in [-0.39, 0.29) is 37.1 Å². The van der Waals surface area contributed by atoms with Gasteiger partial charge in [0.15, 0.2) is 11.5 Å². The van der Waals surface area contributed by atoms with Crippen LogP contribution in [0, 0.1) is 0 Å². The lowest BCUT2D eigenvalue weighted by Crippen LogP contribution is -2.43. The van der Waals surface area contributed by atoms with Crippen molar-refractivity contribution < 1.29 is 31.0 Å². The second-order valence-electron chi connectivity index (χ2n) is 5.24. The number of benzene rings is 1. The maximum atomic E-state index is 12.3. The van der Waals surface area contributed by atoms with Crippen molar-refractivity contribution in [3.05, 3.63) is 18.2 Å². The second-order valence-corrected chi connectivity index (χ2v) is 9.10. The lowest BCUT2D eigenvalue weighted by molar-refractivity contribution is 0.0730. The Morgan fingerprint density at radius 3 is 2.50 bits per heavy atom.